The lowest BCUT2D eigenvalue weighted by molar-refractivity contribution is 0.195. The van der Waals surface area contributed by atoms with Crippen molar-refractivity contribution < 1.29 is 14.0 Å². The van der Waals surface area contributed by atoms with Crippen LogP contribution in [0.1, 0.15) is 20.8 Å². The van der Waals surface area contributed by atoms with Gasteiger partial charge in [-0.15, -0.1) is 0 Å². The Hall–Kier alpha value is -0.923. The molecule has 0 atom stereocenters. The van der Waals surface area contributed by atoms with E-state index in [2.05, 4.69) is 60.1 Å². The first kappa shape index (κ1) is 18.1. The zero-order valence-electron chi connectivity index (χ0n) is 13.2. The molecule has 0 fully saturated rings. The molecular formula is C14H23BrN2O3Si. The van der Waals surface area contributed by atoms with Gasteiger partial charge >= 0.3 is 6.09 Å². The third kappa shape index (κ3) is 6.15. The molecule has 1 amide bonds. The van der Waals surface area contributed by atoms with Crippen LogP contribution in [0.4, 0.5) is 4.79 Å². The second kappa shape index (κ2) is 7.37. The number of aromatic nitrogens is 1. The van der Waals surface area contributed by atoms with Gasteiger partial charge in [0.15, 0.2) is 14.1 Å². The normalized spacial score (nSPS) is 12.1. The number of hydrogen-bond donors (Lipinski definition) is 1. The van der Waals surface area contributed by atoms with Gasteiger partial charge in [-0.3, -0.25) is 0 Å². The van der Waals surface area contributed by atoms with E-state index in [1.807, 2.05) is 0 Å². The number of nitrogens with one attached hydrogen (secondary N) is 1. The molecule has 0 aliphatic heterocycles. The van der Waals surface area contributed by atoms with Gasteiger partial charge in [0.05, 0.1) is 12.8 Å². The number of halogens is 1. The Kier molecular flexibility index (Phi) is 6.36. The predicted molar refractivity (Wildman–Crippen MR) is 89.1 cm³/mol. The minimum absolute atomic E-state index is 0.163. The van der Waals surface area contributed by atoms with Crippen LogP contribution in [-0.2, 0) is 4.43 Å². The molecular weight excluding hydrogens is 352 g/mol. The first-order valence-corrected chi connectivity index (χ1v) is 10.5. The molecule has 1 heterocycles. The fourth-order valence-corrected chi connectivity index (χ4v) is 2.52. The van der Waals surface area contributed by atoms with Crippen LogP contribution in [0.2, 0.25) is 18.1 Å². The Morgan fingerprint density at radius 1 is 1.38 bits per heavy atom. The van der Waals surface area contributed by atoms with Crippen molar-refractivity contribution in [3.8, 4) is 5.75 Å². The SMILES string of the molecule is CC(C)(C)[Si](C)(C)OCCNC(=O)Oc1ccc(Br)nc1. The maximum Gasteiger partial charge on any atom is 0.412 e. The van der Waals surface area contributed by atoms with Crippen LogP contribution in [-0.4, -0.2) is 32.5 Å². The Morgan fingerprint density at radius 3 is 2.57 bits per heavy atom. The maximum atomic E-state index is 11.6. The summed E-state index contributed by atoms with van der Waals surface area (Å²) in [7, 11) is -1.76. The second-order valence-corrected chi connectivity index (χ2v) is 11.9. The van der Waals surface area contributed by atoms with Crippen molar-refractivity contribution in [3.63, 3.8) is 0 Å². The predicted octanol–water partition coefficient (Wildman–Crippen LogP) is 3.95. The van der Waals surface area contributed by atoms with E-state index in [-0.39, 0.29) is 5.04 Å². The minimum Gasteiger partial charge on any atom is -0.415 e. The fourth-order valence-electron chi connectivity index (χ4n) is 1.24. The Labute approximate surface area is 135 Å². The lowest BCUT2D eigenvalue weighted by Gasteiger charge is -2.36. The number of carbonyl (C=O) groups is 1. The van der Waals surface area contributed by atoms with E-state index in [0.717, 1.165) is 0 Å². The Balaban J connectivity index is 2.30. The van der Waals surface area contributed by atoms with Crippen molar-refractivity contribution >= 4 is 30.3 Å². The summed E-state index contributed by atoms with van der Waals surface area (Å²) in [6, 6.07) is 3.38. The molecule has 1 aromatic heterocycles. The summed E-state index contributed by atoms with van der Waals surface area (Å²) >= 11 is 3.22. The van der Waals surface area contributed by atoms with E-state index >= 15 is 0 Å². The molecule has 0 saturated heterocycles. The van der Waals surface area contributed by atoms with Gasteiger partial charge in [0.25, 0.3) is 0 Å². The first-order chi connectivity index (χ1) is 9.62. The van der Waals surface area contributed by atoms with Crippen LogP contribution < -0.4 is 10.1 Å². The molecule has 0 bridgehead atoms. The number of hydrogen-bond acceptors (Lipinski definition) is 4. The number of nitrogens with zero attached hydrogens (tertiary/aromatic N) is 1. The van der Waals surface area contributed by atoms with Crippen molar-refractivity contribution in [3.05, 3.63) is 22.9 Å². The van der Waals surface area contributed by atoms with Gasteiger partial charge in [0.2, 0.25) is 0 Å². The average molecular weight is 375 g/mol. The third-order valence-electron chi connectivity index (χ3n) is 3.55. The molecule has 1 rings (SSSR count). The largest absolute Gasteiger partial charge is 0.415 e. The van der Waals surface area contributed by atoms with Crippen LogP contribution in [0.3, 0.4) is 0 Å². The van der Waals surface area contributed by atoms with Crippen molar-refractivity contribution in [2.75, 3.05) is 13.2 Å². The molecule has 0 saturated carbocycles. The number of amides is 1. The summed E-state index contributed by atoms with van der Waals surface area (Å²) < 4.78 is 11.7. The van der Waals surface area contributed by atoms with Crippen LogP contribution in [0.15, 0.2) is 22.9 Å². The number of ether oxygens (including phenoxy) is 1. The lowest BCUT2D eigenvalue weighted by atomic mass is 10.2. The highest BCUT2D eigenvalue weighted by Gasteiger charge is 2.36. The molecule has 1 aromatic rings. The molecule has 0 aliphatic carbocycles. The first-order valence-electron chi connectivity index (χ1n) is 6.83. The smallest absolute Gasteiger partial charge is 0.412 e. The topological polar surface area (TPSA) is 60.5 Å². The quantitative estimate of drug-likeness (QED) is 0.481. The van der Waals surface area contributed by atoms with E-state index < -0.39 is 14.4 Å². The zero-order chi connectivity index (χ0) is 16.1. The van der Waals surface area contributed by atoms with Crippen molar-refractivity contribution in [1.29, 1.82) is 0 Å². The third-order valence-corrected chi connectivity index (χ3v) is 8.56. The summed E-state index contributed by atoms with van der Waals surface area (Å²) in [4.78, 5) is 15.6. The number of carbonyl (C=O) groups excluding carboxylic acids is 1. The Bertz CT molecular complexity index is 472. The molecule has 0 radical (unpaired) electrons. The minimum atomic E-state index is -1.76. The monoisotopic (exact) mass is 374 g/mol. The van der Waals surface area contributed by atoms with Gasteiger partial charge in [-0.2, -0.15) is 0 Å². The van der Waals surface area contributed by atoms with Gasteiger partial charge in [-0.1, -0.05) is 20.8 Å². The van der Waals surface area contributed by atoms with Crippen LogP contribution in [0.25, 0.3) is 0 Å². The van der Waals surface area contributed by atoms with Crippen LogP contribution in [0.5, 0.6) is 5.75 Å². The van der Waals surface area contributed by atoms with Gasteiger partial charge < -0.3 is 14.5 Å². The number of pyridine rings is 1. The van der Waals surface area contributed by atoms with Gasteiger partial charge in [-0.05, 0) is 46.2 Å². The molecule has 0 aliphatic rings. The summed E-state index contributed by atoms with van der Waals surface area (Å²) in [5, 5.41) is 2.83. The second-order valence-electron chi connectivity index (χ2n) is 6.24. The molecule has 7 heteroatoms. The van der Waals surface area contributed by atoms with E-state index in [0.29, 0.717) is 23.5 Å². The molecule has 0 aromatic carbocycles. The molecule has 118 valence electrons. The highest BCUT2D eigenvalue weighted by molar-refractivity contribution is 9.10. The van der Waals surface area contributed by atoms with E-state index in [1.165, 1.54) is 6.20 Å². The highest BCUT2D eigenvalue weighted by atomic mass is 79.9. The van der Waals surface area contributed by atoms with Crippen molar-refractivity contribution in [2.45, 2.75) is 38.9 Å². The summed E-state index contributed by atoms with van der Waals surface area (Å²) in [5.74, 6) is 0.404. The standard InChI is InChI=1S/C14H23BrN2O3Si/c1-14(2,3)21(4,5)19-9-8-16-13(18)20-11-6-7-12(15)17-10-11/h6-7,10H,8-9H2,1-5H3,(H,16,18). The lowest BCUT2D eigenvalue weighted by Crippen LogP contribution is -2.43. The zero-order valence-corrected chi connectivity index (χ0v) is 15.8. The highest BCUT2D eigenvalue weighted by Crippen LogP contribution is 2.36. The molecule has 21 heavy (non-hydrogen) atoms. The summed E-state index contributed by atoms with van der Waals surface area (Å²) in [6.45, 7) is 11.8. The summed E-state index contributed by atoms with van der Waals surface area (Å²) in [6.07, 6.45) is 0.980. The molecule has 5 nitrogen and oxygen atoms in total. The fraction of sp³-hybridized carbons (Fsp3) is 0.571. The molecule has 0 spiro atoms. The van der Waals surface area contributed by atoms with Gasteiger partial charge in [-0.25, -0.2) is 9.78 Å². The van der Waals surface area contributed by atoms with Gasteiger partial charge in [0.1, 0.15) is 4.60 Å². The van der Waals surface area contributed by atoms with E-state index in [1.54, 1.807) is 12.1 Å². The molecule has 0 unspecified atom stereocenters. The average Bonchev–Trinajstić information content (AvgIpc) is 2.36. The molecule has 1 N–H and O–H groups in total. The van der Waals surface area contributed by atoms with Crippen molar-refractivity contribution in [1.82, 2.24) is 10.3 Å². The maximum absolute atomic E-state index is 11.6. The van der Waals surface area contributed by atoms with E-state index in [9.17, 15) is 4.79 Å². The van der Waals surface area contributed by atoms with Crippen LogP contribution >= 0.6 is 15.9 Å². The van der Waals surface area contributed by atoms with Gasteiger partial charge in [0, 0.05) is 6.54 Å². The van der Waals surface area contributed by atoms with Crippen LogP contribution in [0, 0.1) is 0 Å². The number of rotatable bonds is 5. The summed E-state index contributed by atoms with van der Waals surface area (Å²) in [5.41, 5.74) is 0. The Morgan fingerprint density at radius 2 is 2.05 bits per heavy atom. The van der Waals surface area contributed by atoms with E-state index in [4.69, 9.17) is 9.16 Å². The van der Waals surface area contributed by atoms with Crippen molar-refractivity contribution in [2.24, 2.45) is 0 Å².